The summed E-state index contributed by atoms with van der Waals surface area (Å²) < 4.78 is 5.45. The molecule has 2 aromatic carbocycles. The molecule has 3 aromatic rings. The maximum Gasteiger partial charge on any atom is 0.319 e. The minimum atomic E-state index is -0.197. The molecule has 1 aromatic heterocycles. The predicted molar refractivity (Wildman–Crippen MR) is 140 cm³/mol. The maximum absolute atomic E-state index is 12.7. The number of hydrogen-bond acceptors (Lipinski definition) is 4. The van der Waals surface area contributed by atoms with Gasteiger partial charge in [0.05, 0.1) is 18.3 Å². The second kappa shape index (κ2) is 10.1. The van der Waals surface area contributed by atoms with Crippen molar-refractivity contribution in [2.24, 2.45) is 0 Å². The molecule has 6 nitrogen and oxygen atoms in total. The van der Waals surface area contributed by atoms with Crippen LogP contribution in [0.3, 0.4) is 0 Å². The first kappa shape index (κ1) is 24.1. The molecule has 0 aliphatic heterocycles. The molecule has 1 heterocycles. The van der Waals surface area contributed by atoms with Crippen LogP contribution in [-0.2, 0) is 5.41 Å². The number of ether oxygens (including phenoxy) is 1. The van der Waals surface area contributed by atoms with E-state index in [1.54, 1.807) is 13.3 Å². The first-order valence-corrected chi connectivity index (χ1v) is 12.2. The summed E-state index contributed by atoms with van der Waals surface area (Å²) in [5.41, 5.74) is 3.77. The van der Waals surface area contributed by atoms with Gasteiger partial charge in [-0.3, -0.25) is 4.98 Å². The van der Waals surface area contributed by atoms with E-state index in [2.05, 4.69) is 41.7 Å². The Morgan fingerprint density at radius 2 is 1.74 bits per heavy atom. The van der Waals surface area contributed by atoms with Crippen molar-refractivity contribution in [2.45, 2.75) is 64.0 Å². The predicted octanol–water partition coefficient (Wildman–Crippen LogP) is 6.74. The molecule has 1 fully saturated rings. The van der Waals surface area contributed by atoms with Gasteiger partial charge in [0.15, 0.2) is 0 Å². The van der Waals surface area contributed by atoms with Gasteiger partial charge in [0.2, 0.25) is 0 Å². The minimum absolute atomic E-state index is 0.0169. The summed E-state index contributed by atoms with van der Waals surface area (Å²) in [7, 11) is 1.62. The number of benzene rings is 2. The van der Waals surface area contributed by atoms with Crippen molar-refractivity contribution in [1.29, 1.82) is 0 Å². The van der Waals surface area contributed by atoms with Crippen molar-refractivity contribution >= 4 is 39.9 Å². The zero-order valence-electron chi connectivity index (χ0n) is 20.2. The average Bonchev–Trinajstić information content (AvgIpc) is 2.79. The van der Waals surface area contributed by atoms with Gasteiger partial charge in [-0.25, -0.2) is 4.79 Å². The van der Waals surface area contributed by atoms with Crippen LogP contribution in [0.25, 0.3) is 10.9 Å². The Balaban J connectivity index is 1.33. The molecule has 0 atom stereocenters. The highest BCUT2D eigenvalue weighted by atomic mass is 35.5. The van der Waals surface area contributed by atoms with Crippen LogP contribution in [0, 0.1) is 0 Å². The van der Waals surface area contributed by atoms with E-state index in [0.717, 1.165) is 47.8 Å². The van der Waals surface area contributed by atoms with E-state index >= 15 is 0 Å². The Hall–Kier alpha value is -2.99. The summed E-state index contributed by atoms with van der Waals surface area (Å²) in [6.07, 6.45) is 5.59. The number of amides is 2. The number of fused-ring (bicyclic) bond motifs is 1. The van der Waals surface area contributed by atoms with Crippen molar-refractivity contribution in [1.82, 2.24) is 10.3 Å². The van der Waals surface area contributed by atoms with Crippen LogP contribution < -0.4 is 20.7 Å². The lowest BCUT2D eigenvalue weighted by Crippen LogP contribution is -2.42. The molecule has 0 saturated heterocycles. The third-order valence-corrected chi connectivity index (χ3v) is 6.68. The zero-order chi connectivity index (χ0) is 24.3. The van der Waals surface area contributed by atoms with Crippen LogP contribution in [0.2, 0.25) is 5.02 Å². The fourth-order valence-electron chi connectivity index (χ4n) is 4.47. The number of pyridine rings is 1. The average molecular weight is 481 g/mol. The molecule has 4 rings (SSSR count). The number of halogens is 1. The number of nitrogens with one attached hydrogen (secondary N) is 3. The number of aromatic nitrogens is 1. The number of nitrogens with zero attached hydrogens (tertiary/aromatic N) is 1. The molecule has 0 bridgehead atoms. The Morgan fingerprint density at radius 3 is 2.44 bits per heavy atom. The molecule has 0 spiro atoms. The van der Waals surface area contributed by atoms with Crippen molar-refractivity contribution in [2.75, 3.05) is 17.7 Å². The normalized spacial score (nSPS) is 18.4. The van der Waals surface area contributed by atoms with Gasteiger partial charge in [0.25, 0.3) is 0 Å². The number of anilines is 2. The van der Waals surface area contributed by atoms with Gasteiger partial charge in [-0.15, -0.1) is 0 Å². The highest BCUT2D eigenvalue weighted by Gasteiger charge is 2.24. The zero-order valence-corrected chi connectivity index (χ0v) is 21.0. The highest BCUT2D eigenvalue weighted by molar-refractivity contribution is 6.31. The topological polar surface area (TPSA) is 75.3 Å². The second-order valence-corrected chi connectivity index (χ2v) is 10.4. The van der Waals surface area contributed by atoms with Crippen LogP contribution in [0.1, 0.15) is 52.0 Å². The summed E-state index contributed by atoms with van der Waals surface area (Å²) in [4.78, 5) is 17.2. The van der Waals surface area contributed by atoms with Crippen LogP contribution in [0.4, 0.5) is 16.2 Å². The number of hydrogen-bond donors (Lipinski definition) is 3. The minimum Gasteiger partial charge on any atom is -0.495 e. The first-order valence-electron chi connectivity index (χ1n) is 11.8. The summed E-state index contributed by atoms with van der Waals surface area (Å²) in [6, 6.07) is 14.0. The molecule has 3 N–H and O–H groups in total. The quantitative estimate of drug-likeness (QED) is 0.378. The van der Waals surface area contributed by atoms with Gasteiger partial charge < -0.3 is 20.7 Å². The molecule has 7 heteroatoms. The second-order valence-electron chi connectivity index (χ2n) is 9.98. The van der Waals surface area contributed by atoms with Crippen LogP contribution in [0.15, 0.2) is 48.7 Å². The SMILES string of the molecule is COc1ccc(C(C)(C)C)cc1NC(=O)N[C@H]1CC[C@@H](Nc2ccnc3cc(Cl)ccc23)CC1. The van der Waals surface area contributed by atoms with Gasteiger partial charge >= 0.3 is 6.03 Å². The number of urea groups is 1. The van der Waals surface area contributed by atoms with Crippen molar-refractivity contribution < 1.29 is 9.53 Å². The molecule has 0 radical (unpaired) electrons. The Bertz CT molecular complexity index is 1170. The smallest absolute Gasteiger partial charge is 0.319 e. The monoisotopic (exact) mass is 480 g/mol. The Labute approximate surface area is 206 Å². The first-order chi connectivity index (χ1) is 16.2. The largest absolute Gasteiger partial charge is 0.495 e. The van der Waals surface area contributed by atoms with Gasteiger partial charge in [-0.05, 0) is 73.1 Å². The number of carbonyl (C=O) groups excluding carboxylic acids is 1. The van der Waals surface area contributed by atoms with Gasteiger partial charge in [-0.1, -0.05) is 38.4 Å². The molecule has 1 aliphatic carbocycles. The van der Waals surface area contributed by atoms with Crippen molar-refractivity contribution in [3.63, 3.8) is 0 Å². The molecule has 180 valence electrons. The molecular weight excluding hydrogens is 448 g/mol. The van der Waals surface area contributed by atoms with Gasteiger partial charge in [-0.2, -0.15) is 0 Å². The molecule has 0 unspecified atom stereocenters. The summed E-state index contributed by atoms with van der Waals surface area (Å²) in [5, 5.41) is 11.5. The summed E-state index contributed by atoms with van der Waals surface area (Å²) in [5.74, 6) is 0.655. The molecule has 1 aliphatic rings. The Morgan fingerprint density at radius 1 is 1.00 bits per heavy atom. The third kappa shape index (κ3) is 5.73. The molecule has 1 saturated carbocycles. The van der Waals surface area contributed by atoms with Gasteiger partial charge in [0, 0.05) is 34.4 Å². The van der Waals surface area contributed by atoms with Gasteiger partial charge in [0.1, 0.15) is 5.75 Å². The van der Waals surface area contributed by atoms with E-state index in [1.807, 2.05) is 42.5 Å². The van der Waals surface area contributed by atoms with E-state index in [4.69, 9.17) is 16.3 Å². The molecule has 2 amide bonds. The number of methoxy groups -OCH3 is 1. The lowest BCUT2D eigenvalue weighted by molar-refractivity contribution is 0.243. The lowest BCUT2D eigenvalue weighted by atomic mass is 9.87. The highest BCUT2D eigenvalue weighted by Crippen LogP contribution is 2.32. The fourth-order valence-corrected chi connectivity index (χ4v) is 4.63. The fraction of sp³-hybridized carbons (Fsp3) is 0.407. The van der Waals surface area contributed by atoms with Crippen LogP contribution in [-0.4, -0.2) is 30.2 Å². The van der Waals surface area contributed by atoms with E-state index in [1.165, 1.54) is 0 Å². The van der Waals surface area contributed by atoms with Crippen molar-refractivity contribution in [3.8, 4) is 5.75 Å². The number of rotatable bonds is 5. The van der Waals surface area contributed by atoms with Crippen molar-refractivity contribution in [3.05, 3.63) is 59.2 Å². The third-order valence-electron chi connectivity index (χ3n) is 6.44. The van der Waals surface area contributed by atoms with E-state index in [-0.39, 0.29) is 17.5 Å². The van der Waals surface area contributed by atoms with E-state index in [9.17, 15) is 4.79 Å². The molecular formula is C27H33ClN4O2. The van der Waals surface area contributed by atoms with E-state index in [0.29, 0.717) is 22.5 Å². The van der Waals surface area contributed by atoms with Crippen LogP contribution >= 0.6 is 11.6 Å². The molecule has 34 heavy (non-hydrogen) atoms. The summed E-state index contributed by atoms with van der Waals surface area (Å²) >= 11 is 6.11. The lowest BCUT2D eigenvalue weighted by Gasteiger charge is -2.30. The van der Waals surface area contributed by atoms with E-state index < -0.39 is 0 Å². The summed E-state index contributed by atoms with van der Waals surface area (Å²) in [6.45, 7) is 6.44. The standard InChI is InChI=1S/C27H33ClN4O2/c1-27(2,3)17-5-12-25(34-4)24(15-17)32-26(33)31-20-9-7-19(8-10-20)30-22-13-14-29-23-16-18(28)6-11-21(22)23/h5-6,11-16,19-20H,7-10H2,1-4H3,(H,29,30)(H2,31,32,33)/t19-,20+. The number of carbonyl (C=O) groups is 1. The Kier molecular flexibility index (Phi) is 7.17. The van der Waals surface area contributed by atoms with Crippen LogP contribution in [0.5, 0.6) is 5.75 Å². The maximum atomic E-state index is 12.7.